The van der Waals surface area contributed by atoms with Crippen molar-refractivity contribution in [2.75, 3.05) is 6.61 Å². The molecule has 13 heavy (non-hydrogen) atoms. The molecule has 0 bridgehead atoms. The largest absolute Gasteiger partial charge is 0.394 e. The standard InChI is InChI=1S/C6H12O5.C2H6/c7-2-4-6(10)3(8)1-5(9)11-4;1-2/h3-10H,1-2H2;1-2H3. The third-order valence-electron chi connectivity index (χ3n) is 1.73. The van der Waals surface area contributed by atoms with Crippen LogP contribution in [0.5, 0.6) is 0 Å². The molecular formula is C8H18O5. The molecule has 0 saturated carbocycles. The summed E-state index contributed by atoms with van der Waals surface area (Å²) in [6, 6.07) is 0. The van der Waals surface area contributed by atoms with Crippen molar-refractivity contribution in [3.8, 4) is 0 Å². The second-order valence-corrected chi connectivity index (χ2v) is 2.61. The zero-order valence-electron chi connectivity index (χ0n) is 7.92. The van der Waals surface area contributed by atoms with Crippen LogP contribution in [0.1, 0.15) is 20.3 Å². The van der Waals surface area contributed by atoms with E-state index in [9.17, 15) is 0 Å². The lowest BCUT2D eigenvalue weighted by Gasteiger charge is -2.33. The van der Waals surface area contributed by atoms with Crippen LogP contribution in [0.25, 0.3) is 0 Å². The van der Waals surface area contributed by atoms with Gasteiger partial charge in [0.15, 0.2) is 6.29 Å². The van der Waals surface area contributed by atoms with Gasteiger partial charge in [-0.05, 0) is 0 Å². The summed E-state index contributed by atoms with van der Waals surface area (Å²) >= 11 is 0. The molecular weight excluding hydrogens is 176 g/mol. The molecule has 0 aromatic heterocycles. The van der Waals surface area contributed by atoms with E-state index < -0.39 is 31.2 Å². The van der Waals surface area contributed by atoms with Crippen LogP contribution >= 0.6 is 0 Å². The number of rotatable bonds is 1. The molecule has 0 amide bonds. The summed E-state index contributed by atoms with van der Waals surface area (Å²) in [5.74, 6) is 0. The van der Waals surface area contributed by atoms with Gasteiger partial charge in [0.2, 0.25) is 0 Å². The van der Waals surface area contributed by atoms with E-state index in [1.54, 1.807) is 0 Å². The van der Waals surface area contributed by atoms with Gasteiger partial charge in [0.05, 0.1) is 12.7 Å². The van der Waals surface area contributed by atoms with Crippen LogP contribution in [-0.2, 0) is 4.74 Å². The normalized spacial score (nSPS) is 39.2. The van der Waals surface area contributed by atoms with Crippen molar-refractivity contribution in [2.24, 2.45) is 0 Å². The SMILES string of the molecule is CC.OCC1OC(O)CC(O)C1O. The van der Waals surface area contributed by atoms with Gasteiger partial charge >= 0.3 is 0 Å². The first-order valence-electron chi connectivity index (χ1n) is 4.45. The number of aliphatic hydroxyl groups is 4. The lowest BCUT2D eigenvalue weighted by atomic mass is 10.0. The first kappa shape index (κ1) is 12.8. The van der Waals surface area contributed by atoms with Gasteiger partial charge in [0.25, 0.3) is 0 Å². The van der Waals surface area contributed by atoms with Crippen LogP contribution in [0.15, 0.2) is 0 Å². The molecule has 4 atom stereocenters. The predicted molar refractivity (Wildman–Crippen MR) is 45.9 cm³/mol. The minimum atomic E-state index is -1.11. The van der Waals surface area contributed by atoms with Crippen molar-refractivity contribution < 1.29 is 25.2 Å². The molecule has 0 spiro atoms. The molecule has 1 heterocycles. The Bertz CT molecular complexity index is 130. The Labute approximate surface area is 77.6 Å². The van der Waals surface area contributed by atoms with E-state index in [2.05, 4.69) is 0 Å². The number of ether oxygens (including phenoxy) is 1. The first-order chi connectivity index (χ1) is 6.15. The Morgan fingerprint density at radius 1 is 1.23 bits per heavy atom. The van der Waals surface area contributed by atoms with Crippen molar-refractivity contribution in [3.63, 3.8) is 0 Å². The molecule has 80 valence electrons. The summed E-state index contributed by atoms with van der Waals surface area (Å²) in [5, 5.41) is 35.6. The molecule has 4 N–H and O–H groups in total. The first-order valence-corrected chi connectivity index (χ1v) is 4.45. The average molecular weight is 194 g/mol. The highest BCUT2D eigenvalue weighted by Gasteiger charge is 2.35. The molecule has 1 aliphatic heterocycles. The van der Waals surface area contributed by atoms with E-state index in [0.29, 0.717) is 0 Å². The fourth-order valence-electron chi connectivity index (χ4n) is 1.08. The lowest BCUT2D eigenvalue weighted by molar-refractivity contribution is -0.239. The lowest BCUT2D eigenvalue weighted by Crippen LogP contribution is -2.49. The van der Waals surface area contributed by atoms with E-state index >= 15 is 0 Å². The zero-order chi connectivity index (χ0) is 10.4. The molecule has 5 heteroatoms. The maximum atomic E-state index is 9.11. The Balaban J connectivity index is 0.000000671. The molecule has 0 aromatic carbocycles. The van der Waals surface area contributed by atoms with Crippen molar-refractivity contribution in [1.29, 1.82) is 0 Å². The number of hydrogen-bond acceptors (Lipinski definition) is 5. The van der Waals surface area contributed by atoms with Gasteiger partial charge in [0, 0.05) is 6.42 Å². The fraction of sp³-hybridized carbons (Fsp3) is 1.00. The van der Waals surface area contributed by atoms with Crippen LogP contribution in [0.3, 0.4) is 0 Å². The second kappa shape index (κ2) is 6.28. The van der Waals surface area contributed by atoms with E-state index in [-0.39, 0.29) is 6.42 Å². The third kappa shape index (κ3) is 3.58. The zero-order valence-corrected chi connectivity index (χ0v) is 7.92. The summed E-state index contributed by atoms with van der Waals surface area (Å²) < 4.78 is 4.71. The predicted octanol–water partition coefficient (Wildman–Crippen LogP) is -1.17. The molecule has 1 fully saturated rings. The minimum absolute atomic E-state index is 0.0162. The monoisotopic (exact) mass is 194 g/mol. The highest BCUT2D eigenvalue weighted by molar-refractivity contribution is 4.81. The van der Waals surface area contributed by atoms with Gasteiger partial charge in [-0.1, -0.05) is 13.8 Å². The van der Waals surface area contributed by atoms with E-state index in [1.165, 1.54) is 0 Å². The van der Waals surface area contributed by atoms with Crippen molar-refractivity contribution in [1.82, 2.24) is 0 Å². The molecule has 0 aliphatic carbocycles. The van der Waals surface area contributed by atoms with Crippen LogP contribution in [0, 0.1) is 0 Å². The van der Waals surface area contributed by atoms with Gasteiger partial charge in [-0.2, -0.15) is 0 Å². The van der Waals surface area contributed by atoms with E-state index in [1.807, 2.05) is 13.8 Å². The molecule has 1 saturated heterocycles. The van der Waals surface area contributed by atoms with Crippen LogP contribution < -0.4 is 0 Å². The Morgan fingerprint density at radius 2 is 1.77 bits per heavy atom. The van der Waals surface area contributed by atoms with Crippen molar-refractivity contribution in [3.05, 3.63) is 0 Å². The van der Waals surface area contributed by atoms with Crippen molar-refractivity contribution >= 4 is 0 Å². The molecule has 5 nitrogen and oxygen atoms in total. The Morgan fingerprint density at radius 3 is 2.23 bits per heavy atom. The molecule has 4 unspecified atom stereocenters. The van der Waals surface area contributed by atoms with Crippen molar-refractivity contribution in [2.45, 2.75) is 44.9 Å². The second-order valence-electron chi connectivity index (χ2n) is 2.61. The summed E-state index contributed by atoms with van der Waals surface area (Å²) in [5.41, 5.74) is 0. The van der Waals surface area contributed by atoms with E-state index in [4.69, 9.17) is 25.2 Å². The maximum Gasteiger partial charge on any atom is 0.157 e. The summed E-state index contributed by atoms with van der Waals surface area (Å²) in [6.45, 7) is 3.59. The average Bonchev–Trinajstić information content (AvgIpc) is 2.14. The topological polar surface area (TPSA) is 90.2 Å². The fourth-order valence-corrected chi connectivity index (χ4v) is 1.08. The van der Waals surface area contributed by atoms with E-state index in [0.717, 1.165) is 0 Å². The third-order valence-corrected chi connectivity index (χ3v) is 1.73. The summed E-state index contributed by atoms with van der Waals surface area (Å²) in [6.07, 6.45) is -4.11. The molecule has 0 radical (unpaired) electrons. The highest BCUT2D eigenvalue weighted by Crippen LogP contribution is 2.18. The van der Waals surface area contributed by atoms with Gasteiger partial charge in [-0.3, -0.25) is 0 Å². The highest BCUT2D eigenvalue weighted by atomic mass is 16.6. The Kier molecular flexibility index (Phi) is 6.19. The molecule has 0 aromatic rings. The molecule has 1 aliphatic rings. The molecule has 1 rings (SSSR count). The summed E-state index contributed by atoms with van der Waals surface area (Å²) in [7, 11) is 0. The maximum absolute atomic E-state index is 9.11. The van der Waals surface area contributed by atoms with Crippen LogP contribution in [0.2, 0.25) is 0 Å². The minimum Gasteiger partial charge on any atom is -0.394 e. The Hall–Kier alpha value is -0.200. The smallest absolute Gasteiger partial charge is 0.157 e. The quantitative estimate of drug-likeness (QED) is 0.422. The van der Waals surface area contributed by atoms with Crippen LogP contribution in [-0.4, -0.2) is 51.6 Å². The van der Waals surface area contributed by atoms with Gasteiger partial charge < -0.3 is 25.2 Å². The number of hydrogen-bond donors (Lipinski definition) is 4. The van der Waals surface area contributed by atoms with Crippen LogP contribution in [0.4, 0.5) is 0 Å². The van der Waals surface area contributed by atoms with Gasteiger partial charge in [-0.15, -0.1) is 0 Å². The van der Waals surface area contributed by atoms with Gasteiger partial charge in [0.1, 0.15) is 12.2 Å². The number of aliphatic hydroxyl groups excluding tert-OH is 4. The van der Waals surface area contributed by atoms with Gasteiger partial charge in [-0.25, -0.2) is 0 Å². The summed E-state index contributed by atoms with van der Waals surface area (Å²) in [4.78, 5) is 0.